The van der Waals surface area contributed by atoms with Gasteiger partial charge in [-0.15, -0.1) is 0 Å². The maximum atomic E-state index is 13.7. The first kappa shape index (κ1) is 18.5. The van der Waals surface area contributed by atoms with Crippen molar-refractivity contribution in [3.8, 4) is 22.4 Å². The topological polar surface area (TPSA) is 67.3 Å². The number of carbonyl (C=O) groups excluding carboxylic acids is 1. The second-order valence-electron chi connectivity index (χ2n) is 6.71. The quantitative estimate of drug-likeness (QED) is 0.469. The lowest BCUT2D eigenvalue weighted by Gasteiger charge is -2.13. The van der Waals surface area contributed by atoms with E-state index in [4.69, 9.17) is 0 Å². The summed E-state index contributed by atoms with van der Waals surface area (Å²) in [4.78, 5) is 27.7. The Bertz CT molecular complexity index is 1260. The van der Waals surface area contributed by atoms with Crippen LogP contribution in [0.5, 0.6) is 0 Å². The second-order valence-corrected chi connectivity index (χ2v) is 6.71. The molecule has 0 bridgehead atoms. The summed E-state index contributed by atoms with van der Waals surface area (Å²) in [5.41, 5.74) is 4.47. The molecule has 3 aromatic carbocycles. The highest BCUT2D eigenvalue weighted by Crippen LogP contribution is 2.32. The normalized spacial score (nSPS) is 10.8. The van der Waals surface area contributed by atoms with Crippen LogP contribution in [0.25, 0.3) is 33.3 Å². The molecule has 1 N–H and O–H groups in total. The number of benzene rings is 3. The Hall–Kier alpha value is -3.86. The van der Waals surface area contributed by atoms with Crippen molar-refractivity contribution in [3.05, 3.63) is 89.2 Å². The number of hydrogen-bond acceptors (Lipinski definition) is 3. The van der Waals surface area contributed by atoms with Gasteiger partial charge in [0.2, 0.25) is 0 Å². The number of carboxylic acids is 1. The third kappa shape index (κ3) is 3.27. The van der Waals surface area contributed by atoms with Crippen molar-refractivity contribution in [1.29, 1.82) is 0 Å². The molecule has 5 heteroatoms. The van der Waals surface area contributed by atoms with E-state index in [0.717, 1.165) is 23.0 Å². The summed E-state index contributed by atoms with van der Waals surface area (Å²) in [7, 11) is 0. The van der Waals surface area contributed by atoms with E-state index in [-0.39, 0.29) is 10.9 Å². The molecule has 0 amide bonds. The first-order valence-electron chi connectivity index (χ1n) is 8.98. The number of pyridine rings is 1. The fraction of sp³-hybridized carbons (Fsp3) is 0.0417. The van der Waals surface area contributed by atoms with Gasteiger partial charge in [0.15, 0.2) is 6.29 Å². The molecule has 142 valence electrons. The van der Waals surface area contributed by atoms with Crippen LogP contribution in [0.4, 0.5) is 4.39 Å². The maximum absolute atomic E-state index is 13.7. The van der Waals surface area contributed by atoms with Crippen LogP contribution in [0, 0.1) is 12.7 Å². The van der Waals surface area contributed by atoms with Crippen molar-refractivity contribution in [3.63, 3.8) is 0 Å². The monoisotopic (exact) mass is 385 g/mol. The first-order chi connectivity index (χ1) is 14.0. The van der Waals surface area contributed by atoms with E-state index in [0.29, 0.717) is 22.3 Å². The number of rotatable bonds is 4. The van der Waals surface area contributed by atoms with Gasteiger partial charge in [0.05, 0.1) is 16.8 Å². The number of nitrogens with zero attached hydrogens (tertiary/aromatic N) is 1. The van der Waals surface area contributed by atoms with Gasteiger partial charge in [-0.05, 0) is 41.8 Å². The number of carbonyl (C=O) groups is 2. The Morgan fingerprint density at radius 3 is 2.38 bits per heavy atom. The highest BCUT2D eigenvalue weighted by Gasteiger charge is 2.19. The van der Waals surface area contributed by atoms with Crippen LogP contribution < -0.4 is 0 Å². The Balaban J connectivity index is 1.87. The molecule has 1 aromatic heterocycles. The molecule has 4 aromatic rings. The summed E-state index contributed by atoms with van der Waals surface area (Å²) in [6, 6.07) is 18.7. The number of aldehydes is 1. The molecule has 4 nitrogen and oxygen atoms in total. The first-order valence-corrected chi connectivity index (χ1v) is 8.98. The highest BCUT2D eigenvalue weighted by atomic mass is 19.1. The third-order valence-electron chi connectivity index (χ3n) is 4.96. The lowest BCUT2D eigenvalue weighted by Crippen LogP contribution is -2.05. The van der Waals surface area contributed by atoms with E-state index in [1.165, 1.54) is 18.2 Å². The number of aromatic nitrogens is 1. The SMILES string of the molecule is Cc1c(-c2ccc(-c3ccccc3C=O)cc2)nc2ccc(F)cc2c1C(=O)O. The molecule has 0 saturated carbocycles. The number of hydrogen-bond donors (Lipinski definition) is 1. The smallest absolute Gasteiger partial charge is 0.336 e. The summed E-state index contributed by atoms with van der Waals surface area (Å²) >= 11 is 0. The summed E-state index contributed by atoms with van der Waals surface area (Å²) in [6.45, 7) is 1.67. The number of aromatic carboxylic acids is 1. The molecular formula is C24H16FNO3. The molecule has 0 unspecified atom stereocenters. The predicted molar refractivity (Wildman–Crippen MR) is 110 cm³/mol. The fourth-order valence-electron chi connectivity index (χ4n) is 3.56. The Morgan fingerprint density at radius 2 is 1.69 bits per heavy atom. The maximum Gasteiger partial charge on any atom is 0.336 e. The molecule has 29 heavy (non-hydrogen) atoms. The van der Waals surface area contributed by atoms with Gasteiger partial charge < -0.3 is 5.11 Å². The fourth-order valence-corrected chi connectivity index (χ4v) is 3.56. The van der Waals surface area contributed by atoms with E-state index in [9.17, 15) is 19.1 Å². The van der Waals surface area contributed by atoms with E-state index >= 15 is 0 Å². The molecule has 0 fully saturated rings. The zero-order valence-electron chi connectivity index (χ0n) is 15.5. The molecule has 4 rings (SSSR count). The molecular weight excluding hydrogens is 369 g/mol. The van der Waals surface area contributed by atoms with Gasteiger partial charge in [0, 0.05) is 16.5 Å². The molecule has 0 saturated heterocycles. The van der Waals surface area contributed by atoms with Crippen molar-refractivity contribution < 1.29 is 19.1 Å². The van der Waals surface area contributed by atoms with Crippen molar-refractivity contribution in [1.82, 2.24) is 4.98 Å². The number of fused-ring (bicyclic) bond motifs is 1. The Kier molecular flexibility index (Phi) is 4.64. The molecule has 0 aliphatic carbocycles. The van der Waals surface area contributed by atoms with Gasteiger partial charge in [-0.2, -0.15) is 0 Å². The van der Waals surface area contributed by atoms with Gasteiger partial charge in [-0.25, -0.2) is 14.2 Å². The van der Waals surface area contributed by atoms with Gasteiger partial charge >= 0.3 is 5.97 Å². The number of halogens is 1. The van der Waals surface area contributed by atoms with Crippen molar-refractivity contribution in [2.45, 2.75) is 6.92 Å². The standard InChI is InChI=1S/C24H16FNO3/c1-14-22(24(28)29)20-12-18(25)10-11-21(20)26-23(14)16-8-6-15(7-9-16)19-5-3-2-4-17(19)13-27/h2-13H,1H3,(H,28,29). The molecule has 0 radical (unpaired) electrons. The Labute approximate surface area is 166 Å². The summed E-state index contributed by atoms with van der Waals surface area (Å²) in [5, 5.41) is 9.97. The van der Waals surface area contributed by atoms with Crippen LogP contribution in [-0.2, 0) is 0 Å². The van der Waals surface area contributed by atoms with Crippen molar-refractivity contribution in [2.24, 2.45) is 0 Å². The van der Waals surface area contributed by atoms with Gasteiger partial charge in [-0.1, -0.05) is 48.5 Å². The van der Waals surface area contributed by atoms with Gasteiger partial charge in [0.1, 0.15) is 5.82 Å². The zero-order valence-corrected chi connectivity index (χ0v) is 15.5. The lowest BCUT2D eigenvalue weighted by molar-refractivity contribution is 0.0698. The van der Waals surface area contributed by atoms with Crippen LogP contribution in [0.2, 0.25) is 0 Å². The molecule has 1 heterocycles. The second kappa shape index (κ2) is 7.28. The van der Waals surface area contributed by atoms with Crippen LogP contribution in [0.3, 0.4) is 0 Å². The lowest BCUT2D eigenvalue weighted by atomic mass is 9.95. The van der Waals surface area contributed by atoms with E-state index in [1.54, 1.807) is 19.1 Å². The van der Waals surface area contributed by atoms with Gasteiger partial charge in [-0.3, -0.25) is 4.79 Å². The zero-order chi connectivity index (χ0) is 20.5. The third-order valence-corrected chi connectivity index (χ3v) is 4.96. The molecule has 0 aliphatic rings. The Morgan fingerprint density at radius 1 is 1.00 bits per heavy atom. The average molecular weight is 385 g/mol. The molecule has 0 aliphatic heterocycles. The van der Waals surface area contributed by atoms with E-state index < -0.39 is 11.8 Å². The van der Waals surface area contributed by atoms with Gasteiger partial charge in [0.25, 0.3) is 0 Å². The van der Waals surface area contributed by atoms with Crippen LogP contribution in [0.15, 0.2) is 66.7 Å². The predicted octanol–water partition coefficient (Wildman–Crippen LogP) is 5.53. The van der Waals surface area contributed by atoms with Crippen LogP contribution >= 0.6 is 0 Å². The summed E-state index contributed by atoms with van der Waals surface area (Å²) in [6.07, 6.45) is 0.816. The van der Waals surface area contributed by atoms with E-state index in [2.05, 4.69) is 4.98 Å². The largest absolute Gasteiger partial charge is 0.478 e. The molecule has 0 spiro atoms. The molecule has 0 atom stereocenters. The minimum atomic E-state index is -1.13. The number of carboxylic acid groups (broad SMARTS) is 1. The van der Waals surface area contributed by atoms with Crippen LogP contribution in [-0.4, -0.2) is 22.3 Å². The summed E-state index contributed by atoms with van der Waals surface area (Å²) in [5.74, 6) is -1.63. The van der Waals surface area contributed by atoms with Crippen molar-refractivity contribution in [2.75, 3.05) is 0 Å². The highest BCUT2D eigenvalue weighted by molar-refractivity contribution is 6.05. The summed E-state index contributed by atoms with van der Waals surface area (Å²) < 4.78 is 13.7. The van der Waals surface area contributed by atoms with E-state index in [1.807, 2.05) is 36.4 Å². The minimum Gasteiger partial charge on any atom is -0.478 e. The average Bonchev–Trinajstić information content (AvgIpc) is 2.73. The van der Waals surface area contributed by atoms with Crippen molar-refractivity contribution >= 4 is 23.2 Å². The van der Waals surface area contributed by atoms with Crippen LogP contribution in [0.1, 0.15) is 26.3 Å². The minimum absolute atomic E-state index is 0.0416.